The number of aliphatic hydroxyl groups is 1. The van der Waals surface area contributed by atoms with Crippen LogP contribution in [0, 0.1) is 19.7 Å². The van der Waals surface area contributed by atoms with E-state index in [9.17, 15) is 9.50 Å². The fourth-order valence-electron chi connectivity index (χ4n) is 2.16. The molecule has 2 aromatic carbocycles. The molecule has 1 unspecified atom stereocenters. The van der Waals surface area contributed by atoms with Gasteiger partial charge in [0.2, 0.25) is 0 Å². The molecule has 0 aliphatic carbocycles. The zero-order chi connectivity index (χ0) is 14.9. The first-order valence-corrected chi connectivity index (χ1v) is 7.02. The summed E-state index contributed by atoms with van der Waals surface area (Å²) in [6.07, 6.45) is -0.860. The van der Waals surface area contributed by atoms with Gasteiger partial charge in [0.15, 0.2) is 0 Å². The van der Waals surface area contributed by atoms with Gasteiger partial charge in [-0.25, -0.2) is 4.39 Å². The summed E-state index contributed by atoms with van der Waals surface area (Å²) in [5, 5.41) is 10.5. The molecular weight excluding hydrogens is 323 g/mol. The van der Waals surface area contributed by atoms with Crippen LogP contribution in [0.4, 0.5) is 4.39 Å². The molecule has 0 aliphatic heterocycles. The quantitative estimate of drug-likeness (QED) is 0.904. The predicted molar refractivity (Wildman–Crippen MR) is 80.6 cm³/mol. The van der Waals surface area contributed by atoms with Crippen LogP contribution in [-0.2, 0) is 0 Å². The number of hydrogen-bond acceptors (Lipinski definition) is 2. The molecule has 2 rings (SSSR count). The molecule has 0 amide bonds. The number of aryl methyl sites for hydroxylation is 1. The van der Waals surface area contributed by atoms with Crippen molar-refractivity contribution in [3.63, 3.8) is 0 Å². The Bertz CT molecular complexity index is 641. The zero-order valence-corrected chi connectivity index (χ0v) is 13.2. The van der Waals surface area contributed by atoms with Crippen LogP contribution >= 0.6 is 15.9 Å². The highest BCUT2D eigenvalue weighted by atomic mass is 79.9. The lowest BCUT2D eigenvalue weighted by molar-refractivity contribution is 0.214. The summed E-state index contributed by atoms with van der Waals surface area (Å²) in [4.78, 5) is 0. The highest BCUT2D eigenvalue weighted by molar-refractivity contribution is 9.10. The Morgan fingerprint density at radius 1 is 1.20 bits per heavy atom. The van der Waals surface area contributed by atoms with Gasteiger partial charge in [0.05, 0.1) is 11.6 Å². The molecule has 0 aliphatic rings. The Kier molecular flexibility index (Phi) is 4.45. The average Bonchev–Trinajstić information content (AvgIpc) is 2.44. The third-order valence-corrected chi connectivity index (χ3v) is 4.07. The van der Waals surface area contributed by atoms with E-state index >= 15 is 0 Å². The number of benzene rings is 2. The molecule has 1 N–H and O–H groups in total. The lowest BCUT2D eigenvalue weighted by Crippen LogP contribution is -2.05. The second kappa shape index (κ2) is 5.94. The van der Waals surface area contributed by atoms with E-state index in [0.29, 0.717) is 21.3 Å². The van der Waals surface area contributed by atoms with Crippen LogP contribution < -0.4 is 4.74 Å². The molecule has 0 spiro atoms. The van der Waals surface area contributed by atoms with Crippen LogP contribution in [0.15, 0.2) is 34.8 Å². The van der Waals surface area contributed by atoms with E-state index in [1.807, 2.05) is 26.0 Å². The Labute approximate surface area is 126 Å². The molecule has 2 nitrogen and oxygen atoms in total. The smallest absolute Gasteiger partial charge is 0.137 e. The molecule has 0 bridgehead atoms. The summed E-state index contributed by atoms with van der Waals surface area (Å²) in [7, 11) is 1.58. The maximum Gasteiger partial charge on any atom is 0.137 e. The molecule has 0 saturated carbocycles. The molecule has 20 heavy (non-hydrogen) atoms. The van der Waals surface area contributed by atoms with Gasteiger partial charge in [0.25, 0.3) is 0 Å². The summed E-state index contributed by atoms with van der Waals surface area (Å²) in [5.74, 6) is 0.311. The highest BCUT2D eigenvalue weighted by Gasteiger charge is 2.18. The molecular formula is C16H16BrFO2. The lowest BCUT2D eigenvalue weighted by atomic mass is 9.96. The summed E-state index contributed by atoms with van der Waals surface area (Å²) in [6.45, 7) is 3.94. The van der Waals surface area contributed by atoms with Crippen molar-refractivity contribution in [1.82, 2.24) is 0 Å². The fourth-order valence-corrected chi connectivity index (χ4v) is 2.56. The second-order valence-electron chi connectivity index (χ2n) is 4.71. The van der Waals surface area contributed by atoms with Crippen LogP contribution in [0.2, 0.25) is 0 Å². The van der Waals surface area contributed by atoms with Gasteiger partial charge in [-0.15, -0.1) is 0 Å². The largest absolute Gasteiger partial charge is 0.496 e. The Hall–Kier alpha value is -1.39. The first-order valence-electron chi connectivity index (χ1n) is 6.22. The minimum atomic E-state index is -0.860. The maximum absolute atomic E-state index is 13.3. The van der Waals surface area contributed by atoms with Crippen molar-refractivity contribution < 1.29 is 14.2 Å². The molecule has 4 heteroatoms. The van der Waals surface area contributed by atoms with Crippen molar-refractivity contribution in [3.8, 4) is 5.75 Å². The summed E-state index contributed by atoms with van der Waals surface area (Å²) < 4.78 is 19.0. The van der Waals surface area contributed by atoms with E-state index in [1.54, 1.807) is 19.2 Å². The zero-order valence-electron chi connectivity index (χ0n) is 11.6. The summed E-state index contributed by atoms with van der Waals surface area (Å²) in [5.41, 5.74) is 3.37. The van der Waals surface area contributed by atoms with Gasteiger partial charge in [0.1, 0.15) is 17.7 Å². The minimum absolute atomic E-state index is 0.330. The molecule has 0 fully saturated rings. The van der Waals surface area contributed by atoms with Gasteiger partial charge >= 0.3 is 0 Å². The molecule has 0 aromatic heterocycles. The third kappa shape index (κ3) is 2.72. The Balaban J connectivity index is 2.50. The van der Waals surface area contributed by atoms with Crippen LogP contribution in [0.3, 0.4) is 0 Å². The summed E-state index contributed by atoms with van der Waals surface area (Å²) >= 11 is 3.13. The van der Waals surface area contributed by atoms with E-state index in [4.69, 9.17) is 4.74 Å². The second-order valence-corrected chi connectivity index (χ2v) is 5.56. The molecule has 0 saturated heterocycles. The van der Waals surface area contributed by atoms with Crippen LogP contribution in [0.25, 0.3) is 0 Å². The molecule has 106 valence electrons. The van der Waals surface area contributed by atoms with Crippen molar-refractivity contribution in [1.29, 1.82) is 0 Å². The molecule has 0 radical (unpaired) electrons. The number of ether oxygens (including phenoxy) is 1. The summed E-state index contributed by atoms with van der Waals surface area (Å²) in [6, 6.07) is 8.25. The minimum Gasteiger partial charge on any atom is -0.496 e. The van der Waals surface area contributed by atoms with E-state index in [0.717, 1.165) is 11.1 Å². The number of hydrogen-bond donors (Lipinski definition) is 1. The SMILES string of the molecule is COc1c(C(O)c2ccc(F)c(Br)c2)ccc(C)c1C. The van der Waals surface area contributed by atoms with Gasteiger partial charge in [0, 0.05) is 5.56 Å². The monoisotopic (exact) mass is 338 g/mol. The van der Waals surface area contributed by atoms with Gasteiger partial charge < -0.3 is 9.84 Å². The topological polar surface area (TPSA) is 29.5 Å². The van der Waals surface area contributed by atoms with Crippen molar-refractivity contribution in [3.05, 3.63) is 62.9 Å². The third-order valence-electron chi connectivity index (χ3n) is 3.47. The van der Waals surface area contributed by atoms with E-state index in [1.165, 1.54) is 6.07 Å². The van der Waals surface area contributed by atoms with Crippen LogP contribution in [0.5, 0.6) is 5.75 Å². The molecule has 0 heterocycles. The standard InChI is InChI=1S/C16H16BrFO2/c1-9-4-6-12(16(20-3)10(9)2)15(19)11-5-7-14(18)13(17)8-11/h4-8,15,19H,1-3H3. The highest BCUT2D eigenvalue weighted by Crippen LogP contribution is 2.35. The van der Waals surface area contributed by atoms with Crippen molar-refractivity contribution >= 4 is 15.9 Å². The maximum atomic E-state index is 13.3. The molecule has 2 aromatic rings. The van der Waals surface area contributed by atoms with E-state index in [-0.39, 0.29) is 5.82 Å². The average molecular weight is 339 g/mol. The van der Waals surface area contributed by atoms with Crippen molar-refractivity contribution in [2.24, 2.45) is 0 Å². The first kappa shape index (κ1) is 15.0. The molecule has 1 atom stereocenters. The van der Waals surface area contributed by atoms with E-state index in [2.05, 4.69) is 15.9 Å². The number of rotatable bonds is 3. The van der Waals surface area contributed by atoms with Crippen molar-refractivity contribution in [2.75, 3.05) is 7.11 Å². The lowest BCUT2D eigenvalue weighted by Gasteiger charge is -2.18. The van der Waals surface area contributed by atoms with E-state index < -0.39 is 6.10 Å². The number of methoxy groups -OCH3 is 1. The normalized spacial score (nSPS) is 12.3. The van der Waals surface area contributed by atoms with Crippen LogP contribution in [-0.4, -0.2) is 12.2 Å². The Morgan fingerprint density at radius 3 is 2.50 bits per heavy atom. The van der Waals surface area contributed by atoms with Gasteiger partial charge in [-0.2, -0.15) is 0 Å². The van der Waals surface area contributed by atoms with Gasteiger partial charge in [-0.1, -0.05) is 18.2 Å². The van der Waals surface area contributed by atoms with Gasteiger partial charge in [-0.05, 0) is 58.6 Å². The van der Waals surface area contributed by atoms with Crippen LogP contribution in [0.1, 0.15) is 28.4 Å². The number of aliphatic hydroxyl groups excluding tert-OH is 1. The first-order chi connectivity index (χ1) is 9.45. The Morgan fingerprint density at radius 2 is 1.90 bits per heavy atom. The fraction of sp³-hybridized carbons (Fsp3) is 0.250. The van der Waals surface area contributed by atoms with Crippen molar-refractivity contribution in [2.45, 2.75) is 20.0 Å². The number of halogens is 2. The van der Waals surface area contributed by atoms with Gasteiger partial charge in [-0.3, -0.25) is 0 Å². The predicted octanol–water partition coefficient (Wildman–Crippen LogP) is 4.30.